The highest BCUT2D eigenvalue weighted by Crippen LogP contribution is 2.33. The number of imidazole rings is 1. The predicted octanol–water partition coefficient (Wildman–Crippen LogP) is 4.89. The van der Waals surface area contributed by atoms with Crippen LogP contribution < -0.4 is 0 Å². The SMILES string of the molecule is Cc1nccn1C[C@H](O)Cn1c2ccc(Br)cc2c2cc(Br)ccc21. The van der Waals surface area contributed by atoms with Crippen LogP contribution in [0.5, 0.6) is 0 Å². The lowest BCUT2D eigenvalue weighted by molar-refractivity contribution is 0.136. The lowest BCUT2D eigenvalue weighted by atomic mass is 10.2. The molecule has 0 amide bonds. The molecule has 2 aromatic heterocycles. The summed E-state index contributed by atoms with van der Waals surface area (Å²) in [6.07, 6.45) is 3.16. The molecule has 25 heavy (non-hydrogen) atoms. The summed E-state index contributed by atoms with van der Waals surface area (Å²) in [5, 5.41) is 13.0. The van der Waals surface area contributed by atoms with E-state index in [9.17, 15) is 5.11 Å². The third-order valence-corrected chi connectivity index (χ3v) is 5.50. The van der Waals surface area contributed by atoms with Gasteiger partial charge in [-0.1, -0.05) is 31.9 Å². The number of halogens is 2. The van der Waals surface area contributed by atoms with E-state index in [-0.39, 0.29) is 0 Å². The molecule has 0 spiro atoms. The van der Waals surface area contributed by atoms with Crippen molar-refractivity contribution in [2.45, 2.75) is 26.1 Å². The number of hydrogen-bond donors (Lipinski definition) is 1. The van der Waals surface area contributed by atoms with Gasteiger partial charge in [-0.3, -0.25) is 0 Å². The summed E-state index contributed by atoms with van der Waals surface area (Å²) in [5.74, 6) is 0.911. The number of hydrogen-bond acceptors (Lipinski definition) is 2. The topological polar surface area (TPSA) is 43.0 Å². The van der Waals surface area contributed by atoms with Crippen LogP contribution >= 0.6 is 31.9 Å². The van der Waals surface area contributed by atoms with E-state index in [1.807, 2.05) is 29.8 Å². The summed E-state index contributed by atoms with van der Waals surface area (Å²) < 4.78 is 6.27. The first kappa shape index (κ1) is 16.8. The van der Waals surface area contributed by atoms with Gasteiger partial charge >= 0.3 is 0 Å². The van der Waals surface area contributed by atoms with Crippen LogP contribution in [0.2, 0.25) is 0 Å². The Kier molecular flexibility index (Phi) is 4.43. The van der Waals surface area contributed by atoms with Gasteiger partial charge in [0.05, 0.1) is 19.2 Å². The standard InChI is InChI=1S/C19H17Br2N3O/c1-12-22-6-7-23(12)10-15(25)11-24-18-4-2-13(20)8-16(18)17-9-14(21)3-5-19(17)24/h2-9,15,25H,10-11H2,1H3/t15-/m0/s1. The van der Waals surface area contributed by atoms with E-state index in [0.717, 1.165) is 25.8 Å². The number of aliphatic hydroxyl groups excluding tert-OH is 1. The van der Waals surface area contributed by atoms with E-state index in [0.29, 0.717) is 13.1 Å². The molecule has 2 heterocycles. The molecule has 0 radical (unpaired) electrons. The van der Waals surface area contributed by atoms with Gasteiger partial charge in [0.2, 0.25) is 0 Å². The van der Waals surface area contributed by atoms with Gasteiger partial charge in [0.1, 0.15) is 5.82 Å². The van der Waals surface area contributed by atoms with Crippen molar-refractivity contribution < 1.29 is 5.11 Å². The van der Waals surface area contributed by atoms with E-state index in [1.54, 1.807) is 6.20 Å². The molecule has 0 fully saturated rings. The number of aliphatic hydroxyl groups is 1. The minimum atomic E-state index is -0.501. The molecular weight excluding hydrogens is 446 g/mol. The zero-order valence-electron chi connectivity index (χ0n) is 13.7. The fourth-order valence-corrected chi connectivity index (χ4v) is 4.06. The molecule has 1 N–H and O–H groups in total. The summed E-state index contributed by atoms with van der Waals surface area (Å²) in [4.78, 5) is 4.22. The van der Waals surface area contributed by atoms with Crippen molar-refractivity contribution in [1.29, 1.82) is 0 Å². The molecule has 2 aromatic carbocycles. The summed E-state index contributed by atoms with van der Waals surface area (Å²) in [6.45, 7) is 3.00. The minimum Gasteiger partial charge on any atom is -0.389 e. The minimum absolute atomic E-state index is 0.501. The molecule has 6 heteroatoms. The Morgan fingerprint density at radius 3 is 2.12 bits per heavy atom. The van der Waals surface area contributed by atoms with Gasteiger partial charge in [0.25, 0.3) is 0 Å². The predicted molar refractivity (Wildman–Crippen MR) is 108 cm³/mol. The number of benzene rings is 2. The number of aryl methyl sites for hydroxylation is 1. The maximum atomic E-state index is 10.7. The molecule has 0 unspecified atom stereocenters. The van der Waals surface area contributed by atoms with Crippen LogP contribution in [0.15, 0.2) is 57.7 Å². The maximum Gasteiger partial charge on any atom is 0.105 e. The lowest BCUT2D eigenvalue weighted by Crippen LogP contribution is -2.22. The van der Waals surface area contributed by atoms with E-state index in [2.05, 4.69) is 65.7 Å². The zero-order chi connectivity index (χ0) is 17.6. The van der Waals surface area contributed by atoms with Crippen molar-refractivity contribution >= 4 is 53.7 Å². The first-order chi connectivity index (χ1) is 12.0. The van der Waals surface area contributed by atoms with Crippen molar-refractivity contribution in [3.05, 3.63) is 63.6 Å². The van der Waals surface area contributed by atoms with Crippen molar-refractivity contribution in [3.8, 4) is 0 Å². The Balaban J connectivity index is 1.78. The van der Waals surface area contributed by atoms with Crippen LogP contribution in [0.1, 0.15) is 5.82 Å². The van der Waals surface area contributed by atoms with Gasteiger partial charge in [-0.25, -0.2) is 4.98 Å². The van der Waals surface area contributed by atoms with E-state index in [4.69, 9.17) is 0 Å². The molecule has 4 aromatic rings. The number of nitrogens with zero attached hydrogens (tertiary/aromatic N) is 3. The van der Waals surface area contributed by atoms with Crippen LogP contribution in [0, 0.1) is 6.92 Å². The fourth-order valence-electron chi connectivity index (χ4n) is 3.34. The van der Waals surface area contributed by atoms with Crippen LogP contribution in [-0.2, 0) is 13.1 Å². The Labute approximate surface area is 162 Å². The van der Waals surface area contributed by atoms with Crippen molar-refractivity contribution in [2.24, 2.45) is 0 Å². The summed E-state index contributed by atoms with van der Waals surface area (Å²) in [6, 6.07) is 12.5. The molecule has 0 bridgehead atoms. The number of aromatic nitrogens is 3. The summed E-state index contributed by atoms with van der Waals surface area (Å²) in [7, 11) is 0. The smallest absolute Gasteiger partial charge is 0.105 e. The Morgan fingerprint density at radius 2 is 1.60 bits per heavy atom. The van der Waals surface area contributed by atoms with Crippen LogP contribution in [0.25, 0.3) is 21.8 Å². The van der Waals surface area contributed by atoms with Gasteiger partial charge in [0.15, 0.2) is 0 Å². The van der Waals surface area contributed by atoms with E-state index < -0.39 is 6.10 Å². The lowest BCUT2D eigenvalue weighted by Gasteiger charge is -2.15. The fraction of sp³-hybridized carbons (Fsp3) is 0.211. The van der Waals surface area contributed by atoms with Crippen molar-refractivity contribution in [1.82, 2.24) is 14.1 Å². The second-order valence-corrected chi connectivity index (χ2v) is 8.05. The quantitative estimate of drug-likeness (QED) is 0.469. The van der Waals surface area contributed by atoms with Crippen molar-refractivity contribution in [3.63, 3.8) is 0 Å². The normalized spacial score (nSPS) is 13.0. The Morgan fingerprint density at radius 1 is 1.00 bits per heavy atom. The highest BCUT2D eigenvalue weighted by molar-refractivity contribution is 9.10. The average Bonchev–Trinajstić information content (AvgIpc) is 3.10. The van der Waals surface area contributed by atoms with Gasteiger partial charge in [-0.2, -0.15) is 0 Å². The van der Waals surface area contributed by atoms with Crippen molar-refractivity contribution in [2.75, 3.05) is 0 Å². The second kappa shape index (κ2) is 6.59. The van der Waals surface area contributed by atoms with Gasteiger partial charge < -0.3 is 14.2 Å². The van der Waals surface area contributed by atoms with Crippen LogP contribution in [0.3, 0.4) is 0 Å². The first-order valence-corrected chi connectivity index (χ1v) is 9.64. The highest BCUT2D eigenvalue weighted by atomic mass is 79.9. The summed E-state index contributed by atoms with van der Waals surface area (Å²) in [5.41, 5.74) is 2.25. The molecule has 4 nitrogen and oxygen atoms in total. The Bertz CT molecular complexity index is 1010. The number of rotatable bonds is 4. The highest BCUT2D eigenvalue weighted by Gasteiger charge is 2.15. The first-order valence-electron chi connectivity index (χ1n) is 8.06. The second-order valence-electron chi connectivity index (χ2n) is 6.21. The molecule has 4 rings (SSSR count). The molecule has 0 aliphatic heterocycles. The van der Waals surface area contributed by atoms with Gasteiger partial charge in [0, 0.05) is 43.1 Å². The molecule has 1 atom stereocenters. The average molecular weight is 463 g/mol. The van der Waals surface area contributed by atoms with E-state index >= 15 is 0 Å². The largest absolute Gasteiger partial charge is 0.389 e. The molecule has 0 saturated heterocycles. The third kappa shape index (κ3) is 3.14. The third-order valence-electron chi connectivity index (χ3n) is 4.51. The van der Waals surface area contributed by atoms with Crippen LogP contribution in [-0.4, -0.2) is 25.3 Å². The Hall–Kier alpha value is -1.63. The summed E-state index contributed by atoms with van der Waals surface area (Å²) >= 11 is 7.13. The number of fused-ring (bicyclic) bond motifs is 3. The zero-order valence-corrected chi connectivity index (χ0v) is 16.8. The molecule has 0 saturated carbocycles. The molecular formula is C19H17Br2N3O. The molecule has 0 aliphatic carbocycles. The van der Waals surface area contributed by atoms with Crippen LogP contribution in [0.4, 0.5) is 0 Å². The van der Waals surface area contributed by atoms with Gasteiger partial charge in [-0.05, 0) is 43.3 Å². The van der Waals surface area contributed by atoms with E-state index in [1.165, 1.54) is 10.8 Å². The molecule has 128 valence electrons. The monoisotopic (exact) mass is 461 g/mol. The molecule has 0 aliphatic rings. The van der Waals surface area contributed by atoms with Gasteiger partial charge in [-0.15, -0.1) is 0 Å². The maximum absolute atomic E-state index is 10.7.